The van der Waals surface area contributed by atoms with Crippen molar-refractivity contribution in [1.29, 1.82) is 0 Å². The molecule has 0 amide bonds. The van der Waals surface area contributed by atoms with Crippen molar-refractivity contribution in [1.82, 2.24) is 0 Å². The molecule has 0 saturated heterocycles. The lowest BCUT2D eigenvalue weighted by atomic mass is 9.90. The van der Waals surface area contributed by atoms with Gasteiger partial charge in [0.05, 0.1) is 0 Å². The standard InChI is InChI=1S/C14H18O/c1-4-7-13(10-12(3)15)14-9-6-5-8-11(14)2/h4,7-9H,1,5-6,10H2,2-3H3. The number of rotatable bonds is 4. The molecular formula is C14H18O. The highest BCUT2D eigenvalue weighted by Gasteiger charge is 2.10. The van der Waals surface area contributed by atoms with Gasteiger partial charge in [-0.1, -0.05) is 30.9 Å². The first-order valence-electron chi connectivity index (χ1n) is 5.34. The average Bonchev–Trinajstić information content (AvgIpc) is 2.17. The van der Waals surface area contributed by atoms with E-state index < -0.39 is 0 Å². The molecule has 1 rings (SSSR count). The first-order valence-corrected chi connectivity index (χ1v) is 5.34. The van der Waals surface area contributed by atoms with Gasteiger partial charge in [-0.3, -0.25) is 4.79 Å². The lowest BCUT2D eigenvalue weighted by molar-refractivity contribution is -0.116. The minimum Gasteiger partial charge on any atom is -0.300 e. The van der Waals surface area contributed by atoms with Gasteiger partial charge < -0.3 is 0 Å². The summed E-state index contributed by atoms with van der Waals surface area (Å²) in [7, 11) is 0. The van der Waals surface area contributed by atoms with Crippen LogP contribution in [0.2, 0.25) is 0 Å². The zero-order valence-corrected chi connectivity index (χ0v) is 9.55. The zero-order valence-electron chi connectivity index (χ0n) is 9.55. The van der Waals surface area contributed by atoms with E-state index in [-0.39, 0.29) is 5.78 Å². The smallest absolute Gasteiger partial charge is 0.134 e. The Bertz CT molecular complexity index is 354. The molecule has 0 atom stereocenters. The van der Waals surface area contributed by atoms with Gasteiger partial charge in [0.2, 0.25) is 0 Å². The van der Waals surface area contributed by atoms with Gasteiger partial charge in [-0.05, 0) is 43.4 Å². The Morgan fingerprint density at radius 3 is 2.67 bits per heavy atom. The molecule has 80 valence electrons. The fourth-order valence-electron chi connectivity index (χ4n) is 1.84. The molecule has 0 aliphatic heterocycles. The lowest BCUT2D eigenvalue weighted by Crippen LogP contribution is -2.01. The van der Waals surface area contributed by atoms with Crippen LogP contribution >= 0.6 is 0 Å². The number of carbonyl (C=O) groups is 1. The molecule has 0 N–H and O–H groups in total. The topological polar surface area (TPSA) is 17.1 Å². The maximum atomic E-state index is 11.2. The minimum atomic E-state index is 0.197. The third kappa shape index (κ3) is 3.35. The van der Waals surface area contributed by atoms with E-state index in [1.54, 1.807) is 13.0 Å². The predicted molar refractivity (Wildman–Crippen MR) is 64.7 cm³/mol. The second-order valence-electron chi connectivity index (χ2n) is 3.89. The quantitative estimate of drug-likeness (QED) is 0.635. The molecule has 1 aliphatic carbocycles. The number of hydrogen-bond donors (Lipinski definition) is 0. The Labute approximate surface area is 91.9 Å². The molecule has 15 heavy (non-hydrogen) atoms. The molecule has 0 bridgehead atoms. The summed E-state index contributed by atoms with van der Waals surface area (Å²) in [5.41, 5.74) is 3.58. The molecule has 0 aromatic rings. The molecular weight excluding hydrogens is 184 g/mol. The minimum absolute atomic E-state index is 0.197. The van der Waals surface area contributed by atoms with Crippen LogP contribution in [-0.2, 0) is 4.79 Å². The lowest BCUT2D eigenvalue weighted by Gasteiger charge is -2.15. The van der Waals surface area contributed by atoms with Crippen molar-refractivity contribution >= 4 is 5.78 Å². The van der Waals surface area contributed by atoms with Crippen LogP contribution < -0.4 is 0 Å². The molecule has 0 fully saturated rings. The first kappa shape index (κ1) is 11.7. The third-order valence-corrected chi connectivity index (χ3v) is 2.49. The van der Waals surface area contributed by atoms with Crippen molar-refractivity contribution in [3.63, 3.8) is 0 Å². The molecule has 0 saturated carbocycles. The van der Waals surface area contributed by atoms with E-state index in [0.29, 0.717) is 6.42 Å². The summed E-state index contributed by atoms with van der Waals surface area (Å²) in [5.74, 6) is 0.197. The number of Topliss-reactive ketones (excluding diaryl/α,β-unsaturated/α-hetero) is 1. The van der Waals surface area contributed by atoms with Crippen LogP contribution in [-0.4, -0.2) is 5.78 Å². The van der Waals surface area contributed by atoms with E-state index in [0.717, 1.165) is 18.4 Å². The first-order chi connectivity index (χ1) is 7.15. The van der Waals surface area contributed by atoms with Crippen molar-refractivity contribution in [2.75, 3.05) is 0 Å². The van der Waals surface area contributed by atoms with Crippen LogP contribution in [0.5, 0.6) is 0 Å². The second kappa shape index (κ2) is 5.50. The number of allylic oxidation sites excluding steroid dienone is 7. The molecule has 0 unspecified atom stereocenters. The summed E-state index contributed by atoms with van der Waals surface area (Å²) < 4.78 is 0. The molecule has 0 radical (unpaired) electrons. The Hall–Kier alpha value is -1.37. The number of carbonyl (C=O) groups excluding carboxylic acids is 1. The summed E-state index contributed by atoms with van der Waals surface area (Å²) in [4.78, 5) is 11.2. The van der Waals surface area contributed by atoms with E-state index in [2.05, 4.69) is 25.7 Å². The largest absolute Gasteiger partial charge is 0.300 e. The maximum Gasteiger partial charge on any atom is 0.134 e. The van der Waals surface area contributed by atoms with E-state index >= 15 is 0 Å². The third-order valence-electron chi connectivity index (χ3n) is 2.49. The molecule has 0 aromatic carbocycles. The van der Waals surface area contributed by atoms with Crippen LogP contribution in [0.15, 0.2) is 47.6 Å². The molecule has 0 spiro atoms. The zero-order chi connectivity index (χ0) is 11.3. The second-order valence-corrected chi connectivity index (χ2v) is 3.89. The Morgan fingerprint density at radius 2 is 2.13 bits per heavy atom. The van der Waals surface area contributed by atoms with Gasteiger partial charge in [0.1, 0.15) is 5.78 Å². The summed E-state index contributed by atoms with van der Waals surface area (Å²) >= 11 is 0. The number of hydrogen-bond acceptors (Lipinski definition) is 1. The van der Waals surface area contributed by atoms with Crippen molar-refractivity contribution in [3.8, 4) is 0 Å². The Kier molecular flexibility index (Phi) is 4.29. The van der Waals surface area contributed by atoms with Crippen molar-refractivity contribution in [2.24, 2.45) is 0 Å². The Balaban J connectivity index is 2.94. The predicted octanol–water partition coefficient (Wildman–Crippen LogP) is 3.74. The van der Waals surface area contributed by atoms with Gasteiger partial charge in [-0.2, -0.15) is 0 Å². The molecule has 0 aromatic heterocycles. The molecule has 1 aliphatic rings. The molecule has 1 heteroatoms. The van der Waals surface area contributed by atoms with Gasteiger partial charge in [0.15, 0.2) is 0 Å². The van der Waals surface area contributed by atoms with Gasteiger partial charge in [0.25, 0.3) is 0 Å². The van der Waals surface area contributed by atoms with Crippen LogP contribution in [0, 0.1) is 0 Å². The van der Waals surface area contributed by atoms with Crippen LogP contribution in [0.25, 0.3) is 0 Å². The SMILES string of the molecule is C=CC=C(CC(C)=O)C1=CCCC=C1C. The monoisotopic (exact) mass is 202 g/mol. The van der Waals surface area contributed by atoms with E-state index in [1.807, 2.05) is 6.08 Å². The van der Waals surface area contributed by atoms with Gasteiger partial charge >= 0.3 is 0 Å². The summed E-state index contributed by atoms with van der Waals surface area (Å²) in [6.07, 6.45) is 10.8. The fourth-order valence-corrected chi connectivity index (χ4v) is 1.84. The van der Waals surface area contributed by atoms with E-state index in [9.17, 15) is 4.79 Å². The van der Waals surface area contributed by atoms with Crippen LogP contribution in [0.1, 0.15) is 33.1 Å². The van der Waals surface area contributed by atoms with Crippen LogP contribution in [0.3, 0.4) is 0 Å². The summed E-state index contributed by atoms with van der Waals surface area (Å²) in [6.45, 7) is 7.42. The maximum absolute atomic E-state index is 11.2. The molecule has 1 nitrogen and oxygen atoms in total. The average molecular weight is 202 g/mol. The van der Waals surface area contributed by atoms with Crippen LogP contribution in [0.4, 0.5) is 0 Å². The van der Waals surface area contributed by atoms with Gasteiger partial charge in [-0.15, -0.1) is 0 Å². The highest BCUT2D eigenvalue weighted by atomic mass is 16.1. The summed E-state index contributed by atoms with van der Waals surface area (Å²) in [5, 5.41) is 0. The van der Waals surface area contributed by atoms with Gasteiger partial charge in [0, 0.05) is 6.42 Å². The fraction of sp³-hybridized carbons (Fsp3) is 0.357. The highest BCUT2D eigenvalue weighted by Crippen LogP contribution is 2.27. The van der Waals surface area contributed by atoms with E-state index in [1.165, 1.54) is 11.1 Å². The van der Waals surface area contributed by atoms with Crippen molar-refractivity contribution in [3.05, 3.63) is 47.6 Å². The Morgan fingerprint density at radius 1 is 1.47 bits per heavy atom. The molecule has 0 heterocycles. The van der Waals surface area contributed by atoms with Gasteiger partial charge in [-0.25, -0.2) is 0 Å². The normalized spacial score (nSPS) is 16.8. The van der Waals surface area contributed by atoms with E-state index in [4.69, 9.17) is 0 Å². The van der Waals surface area contributed by atoms with Crippen molar-refractivity contribution < 1.29 is 4.79 Å². The highest BCUT2D eigenvalue weighted by molar-refractivity contribution is 5.80. The van der Waals surface area contributed by atoms with Crippen molar-refractivity contribution in [2.45, 2.75) is 33.1 Å². The number of ketones is 1. The summed E-state index contributed by atoms with van der Waals surface area (Å²) in [6, 6.07) is 0.